The minimum Gasteiger partial charge on any atom is -0.480 e. The highest BCUT2D eigenvalue weighted by Gasteiger charge is 2.40. The summed E-state index contributed by atoms with van der Waals surface area (Å²) < 4.78 is 48.6. The molecule has 0 spiro atoms. The summed E-state index contributed by atoms with van der Waals surface area (Å²) in [5.74, 6) is -0.655. The number of alkyl halides is 3. The second kappa shape index (κ2) is 11.6. The van der Waals surface area contributed by atoms with Crippen molar-refractivity contribution in [2.24, 2.45) is 0 Å². The summed E-state index contributed by atoms with van der Waals surface area (Å²) in [7, 11) is 1.55. The smallest absolute Gasteiger partial charge is 0.449 e. The zero-order valence-corrected chi connectivity index (χ0v) is 24.8. The van der Waals surface area contributed by atoms with Crippen LogP contribution in [0.25, 0.3) is 33.2 Å². The van der Waals surface area contributed by atoms with E-state index in [9.17, 15) is 18.0 Å². The number of fused-ring (bicyclic) bond motifs is 2. The normalized spacial score (nSPS) is 16.1. The van der Waals surface area contributed by atoms with E-state index in [0.29, 0.717) is 49.1 Å². The molecule has 1 saturated heterocycles. The van der Waals surface area contributed by atoms with Crippen molar-refractivity contribution in [3.63, 3.8) is 0 Å². The van der Waals surface area contributed by atoms with Gasteiger partial charge >= 0.3 is 6.18 Å². The van der Waals surface area contributed by atoms with Crippen LogP contribution >= 0.6 is 11.3 Å². The Hall–Kier alpha value is -4.82. The summed E-state index contributed by atoms with van der Waals surface area (Å²) in [4.78, 5) is 38.6. The van der Waals surface area contributed by atoms with Crippen LogP contribution in [0.5, 0.6) is 5.88 Å². The van der Waals surface area contributed by atoms with Gasteiger partial charge in [0.1, 0.15) is 18.4 Å². The number of carbonyl (C=O) groups excluding carboxylic acids is 1. The molecule has 6 aromatic rings. The van der Waals surface area contributed by atoms with Gasteiger partial charge in [-0.2, -0.15) is 13.2 Å². The Bertz CT molecular complexity index is 1990. The van der Waals surface area contributed by atoms with Crippen LogP contribution in [-0.2, 0) is 24.1 Å². The van der Waals surface area contributed by atoms with Crippen molar-refractivity contribution >= 4 is 39.2 Å². The number of aromatic amines is 1. The number of pyridine rings is 1. The maximum Gasteiger partial charge on any atom is 0.449 e. The maximum atomic E-state index is 14.0. The van der Waals surface area contributed by atoms with Crippen molar-refractivity contribution < 1.29 is 22.7 Å². The van der Waals surface area contributed by atoms with E-state index < -0.39 is 30.5 Å². The standard InChI is InChI=1S/C31H27F3N8O2S/c1-44-29-21(12-19-6-2-3-7-22(19)38-29)24-13-35-28(37-24)26-15-40(14-20-17-45-18-36-20)10-11-41(26)27(43)16-42-25-9-5-4-8-23(25)39-30(42)31(32,33)34/h2-9,12-13,17-18,26H,10-11,14-16H2,1H3,(H,35,37). The topological polar surface area (TPSA) is 105 Å². The van der Waals surface area contributed by atoms with Gasteiger partial charge in [-0.15, -0.1) is 11.3 Å². The molecule has 0 radical (unpaired) electrons. The van der Waals surface area contributed by atoms with Crippen LogP contribution in [0.1, 0.15) is 23.4 Å². The fourth-order valence-electron chi connectivity index (χ4n) is 5.83. The first-order valence-electron chi connectivity index (χ1n) is 14.2. The molecule has 45 heavy (non-hydrogen) atoms. The van der Waals surface area contributed by atoms with Crippen LogP contribution in [0.2, 0.25) is 0 Å². The van der Waals surface area contributed by atoms with E-state index in [1.807, 2.05) is 35.7 Å². The lowest BCUT2D eigenvalue weighted by molar-refractivity contribution is -0.148. The van der Waals surface area contributed by atoms with Crippen molar-refractivity contribution in [3.05, 3.63) is 89.0 Å². The van der Waals surface area contributed by atoms with Crippen LogP contribution in [0.4, 0.5) is 13.2 Å². The Kier molecular flexibility index (Phi) is 7.45. The number of ether oxygens (including phenoxy) is 1. The lowest BCUT2D eigenvalue weighted by Crippen LogP contribution is -2.51. The molecule has 1 fully saturated rings. The van der Waals surface area contributed by atoms with Gasteiger partial charge in [0, 0.05) is 36.9 Å². The van der Waals surface area contributed by atoms with Gasteiger partial charge in [-0.05, 0) is 24.3 Å². The average molecular weight is 633 g/mol. The van der Waals surface area contributed by atoms with Crippen LogP contribution < -0.4 is 4.74 Å². The molecule has 0 saturated carbocycles. The van der Waals surface area contributed by atoms with E-state index in [1.54, 1.807) is 35.8 Å². The molecule has 4 aromatic heterocycles. The second-order valence-corrected chi connectivity index (χ2v) is 11.5. The number of benzene rings is 2. The highest BCUT2D eigenvalue weighted by molar-refractivity contribution is 7.07. The molecule has 14 heteroatoms. The van der Waals surface area contributed by atoms with Crippen LogP contribution in [0.3, 0.4) is 0 Å². The largest absolute Gasteiger partial charge is 0.480 e. The zero-order valence-electron chi connectivity index (χ0n) is 24.0. The first-order chi connectivity index (χ1) is 21.8. The van der Waals surface area contributed by atoms with Gasteiger partial charge < -0.3 is 19.2 Å². The minimum atomic E-state index is -4.73. The number of hydrogen-bond acceptors (Lipinski definition) is 8. The van der Waals surface area contributed by atoms with Crippen LogP contribution in [-0.4, -0.2) is 71.9 Å². The summed E-state index contributed by atoms with van der Waals surface area (Å²) in [6.07, 6.45) is -3.06. The quantitative estimate of drug-likeness (QED) is 0.246. The van der Waals surface area contributed by atoms with Crippen molar-refractivity contribution in [2.45, 2.75) is 25.3 Å². The number of aromatic nitrogens is 6. The zero-order chi connectivity index (χ0) is 31.1. The number of nitrogens with one attached hydrogen (secondary N) is 1. The average Bonchev–Trinajstić information content (AvgIpc) is 3.81. The number of amides is 1. The van der Waals surface area contributed by atoms with Crippen LogP contribution in [0.15, 0.2) is 71.7 Å². The molecular formula is C31H27F3N8O2S. The number of carbonyl (C=O) groups is 1. The van der Waals surface area contributed by atoms with Crippen molar-refractivity contribution in [2.75, 3.05) is 26.7 Å². The summed E-state index contributed by atoms with van der Waals surface area (Å²) >= 11 is 1.50. The number of H-pyrrole nitrogens is 1. The Morgan fingerprint density at radius 1 is 1.07 bits per heavy atom. The van der Waals surface area contributed by atoms with Gasteiger partial charge in [-0.1, -0.05) is 30.3 Å². The second-order valence-electron chi connectivity index (χ2n) is 10.7. The Morgan fingerprint density at radius 2 is 1.87 bits per heavy atom. The molecule has 1 N–H and O–H groups in total. The molecule has 1 aliphatic rings. The molecule has 10 nitrogen and oxygen atoms in total. The minimum absolute atomic E-state index is 0.177. The number of nitrogens with zero attached hydrogens (tertiary/aromatic N) is 7. The maximum absolute atomic E-state index is 14.0. The number of para-hydroxylation sites is 3. The van der Waals surface area contributed by atoms with Gasteiger partial charge in [0.15, 0.2) is 0 Å². The van der Waals surface area contributed by atoms with Crippen molar-refractivity contribution in [3.8, 4) is 17.1 Å². The Balaban J connectivity index is 1.23. The van der Waals surface area contributed by atoms with Gasteiger partial charge in [-0.3, -0.25) is 9.69 Å². The Labute approximate surface area is 259 Å². The molecule has 5 heterocycles. The lowest BCUT2D eigenvalue weighted by atomic mass is 10.1. The molecule has 0 aliphatic carbocycles. The van der Waals surface area contributed by atoms with Crippen molar-refractivity contribution in [1.82, 2.24) is 39.3 Å². The number of rotatable bonds is 7. The summed E-state index contributed by atoms with van der Waals surface area (Å²) in [5, 5.41) is 2.89. The summed E-state index contributed by atoms with van der Waals surface area (Å²) in [6.45, 7) is 1.27. The molecule has 0 bridgehead atoms. The highest BCUT2D eigenvalue weighted by atomic mass is 32.1. The van der Waals surface area contributed by atoms with E-state index in [2.05, 4.69) is 29.8 Å². The number of halogens is 3. The fraction of sp³-hybridized carbons (Fsp3) is 0.258. The predicted octanol–water partition coefficient (Wildman–Crippen LogP) is 5.54. The third kappa shape index (κ3) is 5.62. The SMILES string of the molecule is COc1nc2ccccc2cc1-c1cnc(C2CN(Cc3cscn3)CCN2C(=O)Cn2c(C(F)(F)F)nc3ccccc32)[nH]1. The first-order valence-corrected chi connectivity index (χ1v) is 15.1. The molecule has 1 atom stereocenters. The van der Waals surface area contributed by atoms with E-state index in [4.69, 9.17) is 4.74 Å². The molecule has 230 valence electrons. The first kappa shape index (κ1) is 28.9. The third-order valence-corrected chi connectivity index (χ3v) is 8.57. The van der Waals surface area contributed by atoms with E-state index >= 15 is 0 Å². The molecule has 1 amide bonds. The van der Waals surface area contributed by atoms with E-state index in [1.165, 1.54) is 23.5 Å². The van der Waals surface area contributed by atoms with Gasteiger partial charge in [0.2, 0.25) is 17.6 Å². The predicted molar refractivity (Wildman–Crippen MR) is 162 cm³/mol. The van der Waals surface area contributed by atoms with Crippen molar-refractivity contribution in [1.29, 1.82) is 0 Å². The van der Waals surface area contributed by atoms with E-state index in [-0.39, 0.29) is 11.0 Å². The summed E-state index contributed by atoms with van der Waals surface area (Å²) in [6, 6.07) is 15.4. The third-order valence-electron chi connectivity index (χ3n) is 7.94. The molecule has 1 aliphatic heterocycles. The van der Waals surface area contributed by atoms with Gasteiger partial charge in [-0.25, -0.2) is 19.9 Å². The molecular weight excluding hydrogens is 605 g/mol. The lowest BCUT2D eigenvalue weighted by Gasteiger charge is -2.40. The number of methoxy groups -OCH3 is 1. The summed E-state index contributed by atoms with van der Waals surface area (Å²) in [5.41, 5.74) is 5.22. The Morgan fingerprint density at radius 3 is 2.64 bits per heavy atom. The molecule has 7 rings (SSSR count). The highest BCUT2D eigenvalue weighted by Crippen LogP contribution is 2.34. The molecule has 1 unspecified atom stereocenters. The number of piperazine rings is 1. The van der Waals surface area contributed by atoms with E-state index in [0.717, 1.165) is 21.2 Å². The van der Waals surface area contributed by atoms with Gasteiger partial charge in [0.25, 0.3) is 0 Å². The molecule has 2 aromatic carbocycles. The van der Waals surface area contributed by atoms with Gasteiger partial charge in [0.05, 0.1) is 52.3 Å². The van der Waals surface area contributed by atoms with Crippen LogP contribution in [0, 0.1) is 0 Å². The number of hydrogen-bond donors (Lipinski definition) is 1. The number of imidazole rings is 2. The number of thiazole rings is 1. The fourth-order valence-corrected chi connectivity index (χ4v) is 6.38. The monoisotopic (exact) mass is 632 g/mol.